The molecule has 48 heavy (non-hydrogen) atoms. The molecule has 4 heteroatoms. The second-order valence-electron chi connectivity index (χ2n) is 14.8. The standard InChI is InChI=1S/C44H85NO3/c1-3-5-7-9-11-13-14-15-16-17-18-19-20-21-22-23-24-25-26-27-28-29-30-32-33-35-37-39-43(47)42(41-46)45-44(48)40-38-36-34-31-12-10-8-6-4-2/h30,32,37,39,42-43,46-47H,3-29,31,33-36,38,40-41H2,1-2H3,(H,45,48)/b32-30+,39-37+. The van der Waals surface area contributed by atoms with E-state index in [1.807, 2.05) is 6.08 Å². The zero-order chi connectivity index (χ0) is 35.0. The maximum atomic E-state index is 12.3. The number of amides is 1. The Balaban J connectivity index is 3.50. The van der Waals surface area contributed by atoms with E-state index in [-0.39, 0.29) is 12.5 Å². The molecular weight excluding hydrogens is 590 g/mol. The molecule has 0 saturated heterocycles. The fourth-order valence-electron chi connectivity index (χ4n) is 6.61. The Labute approximate surface area is 300 Å². The van der Waals surface area contributed by atoms with E-state index in [4.69, 9.17) is 0 Å². The predicted octanol–water partition coefficient (Wildman–Crippen LogP) is 13.2. The van der Waals surface area contributed by atoms with Gasteiger partial charge in [0, 0.05) is 6.42 Å². The third kappa shape index (κ3) is 36.2. The van der Waals surface area contributed by atoms with Gasteiger partial charge in [-0.2, -0.15) is 0 Å². The first-order chi connectivity index (χ1) is 23.7. The van der Waals surface area contributed by atoms with Crippen molar-refractivity contribution < 1.29 is 15.0 Å². The van der Waals surface area contributed by atoms with Gasteiger partial charge in [-0.05, 0) is 32.1 Å². The highest BCUT2D eigenvalue weighted by Crippen LogP contribution is 2.16. The molecule has 0 fully saturated rings. The van der Waals surface area contributed by atoms with Crippen LogP contribution in [-0.4, -0.2) is 34.9 Å². The minimum Gasteiger partial charge on any atom is -0.394 e. The number of hydrogen-bond acceptors (Lipinski definition) is 3. The second kappa shape index (κ2) is 40.3. The Morgan fingerprint density at radius 2 is 0.812 bits per heavy atom. The van der Waals surface area contributed by atoms with Gasteiger partial charge in [0.05, 0.1) is 18.8 Å². The molecule has 2 atom stereocenters. The fraction of sp³-hybridized carbons (Fsp3) is 0.886. The molecule has 2 unspecified atom stereocenters. The number of aliphatic hydroxyl groups is 2. The van der Waals surface area contributed by atoms with Crippen LogP contribution in [0.3, 0.4) is 0 Å². The van der Waals surface area contributed by atoms with E-state index < -0.39 is 12.1 Å². The lowest BCUT2D eigenvalue weighted by atomic mass is 10.0. The van der Waals surface area contributed by atoms with Gasteiger partial charge in [0.15, 0.2) is 0 Å². The van der Waals surface area contributed by atoms with Crippen LogP contribution in [0.1, 0.15) is 232 Å². The van der Waals surface area contributed by atoms with Crippen LogP contribution in [0.15, 0.2) is 24.3 Å². The number of rotatable bonds is 39. The normalized spacial score (nSPS) is 13.2. The van der Waals surface area contributed by atoms with Crippen molar-refractivity contribution >= 4 is 5.91 Å². The van der Waals surface area contributed by atoms with Crippen molar-refractivity contribution in [1.29, 1.82) is 0 Å². The van der Waals surface area contributed by atoms with Crippen LogP contribution in [-0.2, 0) is 4.79 Å². The third-order valence-electron chi connectivity index (χ3n) is 9.94. The highest BCUT2D eigenvalue weighted by Gasteiger charge is 2.17. The van der Waals surface area contributed by atoms with Crippen LogP contribution in [0.2, 0.25) is 0 Å². The zero-order valence-corrected chi connectivity index (χ0v) is 32.5. The lowest BCUT2D eigenvalue weighted by molar-refractivity contribution is -0.123. The van der Waals surface area contributed by atoms with Crippen molar-refractivity contribution in [3.8, 4) is 0 Å². The van der Waals surface area contributed by atoms with Gasteiger partial charge in [0.2, 0.25) is 5.91 Å². The summed E-state index contributed by atoms with van der Waals surface area (Å²) in [6.07, 6.45) is 51.6. The molecule has 0 spiro atoms. The third-order valence-corrected chi connectivity index (χ3v) is 9.94. The van der Waals surface area contributed by atoms with Gasteiger partial charge in [-0.15, -0.1) is 0 Å². The molecule has 0 radical (unpaired) electrons. The van der Waals surface area contributed by atoms with Crippen LogP contribution in [0.5, 0.6) is 0 Å². The van der Waals surface area contributed by atoms with Gasteiger partial charge < -0.3 is 15.5 Å². The predicted molar refractivity (Wildman–Crippen MR) is 212 cm³/mol. The number of carbonyl (C=O) groups excluding carboxylic acids is 1. The molecule has 0 heterocycles. The number of unbranched alkanes of at least 4 members (excludes halogenated alkanes) is 30. The average molecular weight is 676 g/mol. The molecule has 1 amide bonds. The molecule has 4 nitrogen and oxygen atoms in total. The molecule has 0 aromatic carbocycles. The van der Waals surface area contributed by atoms with E-state index in [0.717, 1.165) is 32.1 Å². The van der Waals surface area contributed by atoms with Gasteiger partial charge in [0.1, 0.15) is 0 Å². The molecule has 0 aromatic rings. The summed E-state index contributed by atoms with van der Waals surface area (Å²) in [7, 11) is 0. The molecule has 3 N–H and O–H groups in total. The number of aliphatic hydroxyl groups excluding tert-OH is 2. The summed E-state index contributed by atoms with van der Waals surface area (Å²) in [4.78, 5) is 12.3. The maximum absolute atomic E-state index is 12.3. The minimum atomic E-state index is -0.856. The van der Waals surface area contributed by atoms with Crippen molar-refractivity contribution in [3.63, 3.8) is 0 Å². The van der Waals surface area contributed by atoms with Crippen LogP contribution >= 0.6 is 0 Å². The Morgan fingerprint density at radius 3 is 1.21 bits per heavy atom. The number of hydrogen-bond donors (Lipinski definition) is 3. The lowest BCUT2D eigenvalue weighted by Gasteiger charge is -2.19. The summed E-state index contributed by atoms with van der Waals surface area (Å²) < 4.78 is 0. The maximum Gasteiger partial charge on any atom is 0.220 e. The van der Waals surface area contributed by atoms with Crippen molar-refractivity contribution in [1.82, 2.24) is 5.32 Å². The van der Waals surface area contributed by atoms with Crippen LogP contribution in [0, 0.1) is 0 Å². The smallest absolute Gasteiger partial charge is 0.220 e. The van der Waals surface area contributed by atoms with Crippen LogP contribution in [0.4, 0.5) is 0 Å². The van der Waals surface area contributed by atoms with Crippen molar-refractivity contribution in [2.45, 2.75) is 244 Å². The van der Waals surface area contributed by atoms with Gasteiger partial charge in [0.25, 0.3) is 0 Å². The number of nitrogens with one attached hydrogen (secondary N) is 1. The van der Waals surface area contributed by atoms with Gasteiger partial charge in [-0.25, -0.2) is 0 Å². The number of carbonyl (C=O) groups is 1. The summed E-state index contributed by atoms with van der Waals surface area (Å²) in [5.74, 6) is -0.0763. The van der Waals surface area contributed by atoms with Gasteiger partial charge in [-0.3, -0.25) is 4.79 Å². The van der Waals surface area contributed by atoms with E-state index in [1.54, 1.807) is 6.08 Å². The first kappa shape index (κ1) is 46.9. The highest BCUT2D eigenvalue weighted by atomic mass is 16.3. The van der Waals surface area contributed by atoms with Crippen molar-refractivity contribution in [2.24, 2.45) is 0 Å². The molecule has 0 aliphatic carbocycles. The van der Waals surface area contributed by atoms with Crippen LogP contribution in [0.25, 0.3) is 0 Å². The Morgan fingerprint density at radius 1 is 0.479 bits per heavy atom. The average Bonchev–Trinajstić information content (AvgIpc) is 3.09. The second-order valence-corrected chi connectivity index (χ2v) is 14.8. The molecule has 0 aromatic heterocycles. The van der Waals surface area contributed by atoms with E-state index >= 15 is 0 Å². The largest absolute Gasteiger partial charge is 0.394 e. The molecule has 0 rings (SSSR count). The molecule has 0 aliphatic rings. The first-order valence-corrected chi connectivity index (χ1v) is 21.6. The molecule has 284 valence electrons. The summed E-state index contributed by atoms with van der Waals surface area (Å²) in [6.45, 7) is 4.28. The summed E-state index contributed by atoms with van der Waals surface area (Å²) in [5.41, 5.74) is 0. The molecule has 0 aliphatic heterocycles. The van der Waals surface area contributed by atoms with Gasteiger partial charge >= 0.3 is 0 Å². The summed E-state index contributed by atoms with van der Waals surface area (Å²) in [5, 5.41) is 22.9. The Bertz CT molecular complexity index is 691. The zero-order valence-electron chi connectivity index (χ0n) is 32.5. The lowest BCUT2D eigenvalue weighted by Crippen LogP contribution is -2.45. The molecular formula is C44H85NO3. The fourth-order valence-corrected chi connectivity index (χ4v) is 6.61. The van der Waals surface area contributed by atoms with E-state index in [2.05, 4.69) is 31.3 Å². The molecule has 0 saturated carbocycles. The Kier molecular flexibility index (Phi) is 39.4. The van der Waals surface area contributed by atoms with E-state index in [1.165, 1.54) is 180 Å². The van der Waals surface area contributed by atoms with Crippen LogP contribution < -0.4 is 5.32 Å². The van der Waals surface area contributed by atoms with E-state index in [0.29, 0.717) is 6.42 Å². The molecule has 0 bridgehead atoms. The summed E-state index contributed by atoms with van der Waals surface area (Å²) >= 11 is 0. The summed E-state index contributed by atoms with van der Waals surface area (Å²) in [6, 6.07) is -0.632. The quantitative estimate of drug-likeness (QED) is 0.0448. The monoisotopic (exact) mass is 676 g/mol. The highest BCUT2D eigenvalue weighted by molar-refractivity contribution is 5.76. The minimum absolute atomic E-state index is 0.0763. The SMILES string of the molecule is CCCCCCCCCCCCCCCCCCCCCCC/C=C/CC/C=C/C(O)C(CO)NC(=O)CCCCCCCCCCC. The number of allylic oxidation sites excluding steroid dienone is 3. The first-order valence-electron chi connectivity index (χ1n) is 21.6. The van der Waals surface area contributed by atoms with E-state index in [9.17, 15) is 15.0 Å². The topological polar surface area (TPSA) is 69.6 Å². The van der Waals surface area contributed by atoms with Crippen molar-refractivity contribution in [2.75, 3.05) is 6.61 Å². The van der Waals surface area contributed by atoms with Crippen molar-refractivity contribution in [3.05, 3.63) is 24.3 Å². The van der Waals surface area contributed by atoms with Gasteiger partial charge in [-0.1, -0.05) is 218 Å². The Hall–Kier alpha value is -1.13.